The number of aliphatic hydroxyl groups is 1. The van der Waals surface area contributed by atoms with Crippen LogP contribution < -0.4 is 5.73 Å². The highest BCUT2D eigenvalue weighted by molar-refractivity contribution is 5.18. The molecule has 0 radical (unpaired) electrons. The Hall–Kier alpha value is -0.930. The third kappa shape index (κ3) is 2.03. The molecule has 0 fully saturated rings. The number of hydrogen-bond donors (Lipinski definition) is 2. The lowest BCUT2D eigenvalue weighted by Crippen LogP contribution is -2.24. The molecule has 0 bridgehead atoms. The molecule has 1 rings (SSSR count). The van der Waals surface area contributed by atoms with Gasteiger partial charge in [-0.25, -0.2) is 4.39 Å². The predicted octanol–water partition coefficient (Wildman–Crippen LogP) is 1.02. The van der Waals surface area contributed by atoms with Crippen LogP contribution in [0.5, 0.6) is 0 Å². The Morgan fingerprint density at radius 3 is 2.42 bits per heavy atom. The van der Waals surface area contributed by atoms with E-state index in [-0.39, 0.29) is 6.54 Å². The highest BCUT2D eigenvalue weighted by Crippen LogP contribution is 2.19. The van der Waals surface area contributed by atoms with Gasteiger partial charge in [0.25, 0.3) is 0 Å². The molecule has 1 aromatic carbocycles. The van der Waals surface area contributed by atoms with Gasteiger partial charge in [-0.1, -0.05) is 30.3 Å². The standard InChI is InChI=1S/C9H12FNO/c10-9(8(12)6-11)7-4-2-1-3-5-7/h1-5,8-9,12H,6,11H2/t8-,9-/m0/s1. The van der Waals surface area contributed by atoms with Gasteiger partial charge >= 0.3 is 0 Å². The summed E-state index contributed by atoms with van der Waals surface area (Å²) < 4.78 is 13.2. The molecule has 1 aromatic rings. The predicted molar refractivity (Wildman–Crippen MR) is 45.4 cm³/mol. The molecule has 0 aliphatic heterocycles. The van der Waals surface area contributed by atoms with Crippen LogP contribution in [0.1, 0.15) is 11.7 Å². The number of rotatable bonds is 3. The largest absolute Gasteiger partial charge is 0.388 e. The maximum absolute atomic E-state index is 13.2. The molecule has 0 amide bonds. The molecule has 0 spiro atoms. The van der Waals surface area contributed by atoms with Crippen LogP contribution in [-0.4, -0.2) is 17.8 Å². The molecule has 2 nitrogen and oxygen atoms in total. The molecule has 3 heteroatoms. The molecule has 12 heavy (non-hydrogen) atoms. The average molecular weight is 169 g/mol. The fourth-order valence-corrected chi connectivity index (χ4v) is 0.979. The van der Waals surface area contributed by atoms with Crippen LogP contribution in [0.2, 0.25) is 0 Å². The van der Waals surface area contributed by atoms with Crippen LogP contribution in [0.3, 0.4) is 0 Å². The van der Waals surface area contributed by atoms with Gasteiger partial charge in [-0.05, 0) is 5.56 Å². The molecule has 0 unspecified atom stereocenters. The van der Waals surface area contributed by atoms with Crippen molar-refractivity contribution in [3.8, 4) is 0 Å². The first-order valence-electron chi connectivity index (χ1n) is 3.83. The number of halogens is 1. The normalized spacial score (nSPS) is 15.6. The highest BCUT2D eigenvalue weighted by Gasteiger charge is 2.17. The lowest BCUT2D eigenvalue weighted by Gasteiger charge is -2.13. The van der Waals surface area contributed by atoms with E-state index in [1.165, 1.54) is 0 Å². The summed E-state index contributed by atoms with van der Waals surface area (Å²) in [5.41, 5.74) is 5.59. The molecule has 0 aliphatic rings. The number of hydrogen-bond acceptors (Lipinski definition) is 2. The maximum atomic E-state index is 13.2. The van der Waals surface area contributed by atoms with E-state index in [9.17, 15) is 4.39 Å². The zero-order valence-electron chi connectivity index (χ0n) is 6.65. The monoisotopic (exact) mass is 169 g/mol. The molecule has 3 N–H and O–H groups in total. The summed E-state index contributed by atoms with van der Waals surface area (Å²) in [6.07, 6.45) is -2.48. The van der Waals surface area contributed by atoms with Crippen LogP contribution in [0.15, 0.2) is 30.3 Å². The smallest absolute Gasteiger partial charge is 0.152 e. The molecule has 2 atom stereocenters. The van der Waals surface area contributed by atoms with Crippen molar-refractivity contribution < 1.29 is 9.50 Å². The van der Waals surface area contributed by atoms with Crippen LogP contribution in [0.25, 0.3) is 0 Å². The van der Waals surface area contributed by atoms with Gasteiger partial charge in [-0.15, -0.1) is 0 Å². The van der Waals surface area contributed by atoms with Gasteiger partial charge in [-0.3, -0.25) is 0 Å². The Balaban J connectivity index is 2.71. The fourth-order valence-electron chi connectivity index (χ4n) is 0.979. The summed E-state index contributed by atoms with van der Waals surface area (Å²) in [7, 11) is 0. The number of alkyl halides is 1. The molecular formula is C9H12FNO. The minimum atomic E-state index is -1.38. The van der Waals surface area contributed by atoms with Crippen molar-refractivity contribution >= 4 is 0 Å². The molecule has 0 saturated heterocycles. The van der Waals surface area contributed by atoms with E-state index >= 15 is 0 Å². The maximum Gasteiger partial charge on any atom is 0.152 e. The van der Waals surface area contributed by atoms with E-state index in [0.29, 0.717) is 5.56 Å². The first-order chi connectivity index (χ1) is 5.75. The van der Waals surface area contributed by atoms with Crippen molar-refractivity contribution in [3.05, 3.63) is 35.9 Å². The van der Waals surface area contributed by atoms with Crippen molar-refractivity contribution in [2.24, 2.45) is 5.73 Å². The average Bonchev–Trinajstić information content (AvgIpc) is 2.17. The Labute approximate surface area is 70.8 Å². The summed E-state index contributed by atoms with van der Waals surface area (Å²) in [6.45, 7) is -0.0595. The van der Waals surface area contributed by atoms with E-state index in [0.717, 1.165) is 0 Å². The molecular weight excluding hydrogens is 157 g/mol. The second-order valence-electron chi connectivity index (χ2n) is 2.62. The summed E-state index contributed by atoms with van der Waals surface area (Å²) in [6, 6.07) is 8.51. The highest BCUT2D eigenvalue weighted by atomic mass is 19.1. The summed E-state index contributed by atoms with van der Waals surface area (Å²) >= 11 is 0. The zero-order valence-corrected chi connectivity index (χ0v) is 6.65. The Kier molecular flexibility index (Phi) is 3.19. The molecule has 0 heterocycles. The minimum Gasteiger partial charge on any atom is -0.388 e. The fraction of sp³-hybridized carbons (Fsp3) is 0.333. The summed E-state index contributed by atoms with van der Waals surface area (Å²) in [4.78, 5) is 0. The Bertz CT molecular complexity index is 227. The van der Waals surface area contributed by atoms with Crippen LogP contribution in [0.4, 0.5) is 4.39 Å². The molecule has 66 valence electrons. The van der Waals surface area contributed by atoms with Gasteiger partial charge in [0.05, 0.1) is 0 Å². The number of aliphatic hydroxyl groups excluding tert-OH is 1. The Morgan fingerprint density at radius 1 is 1.33 bits per heavy atom. The first-order valence-corrected chi connectivity index (χ1v) is 3.83. The van der Waals surface area contributed by atoms with Crippen molar-refractivity contribution in [2.75, 3.05) is 6.54 Å². The second-order valence-corrected chi connectivity index (χ2v) is 2.62. The van der Waals surface area contributed by atoms with E-state index in [1.807, 2.05) is 0 Å². The van der Waals surface area contributed by atoms with Gasteiger partial charge < -0.3 is 10.8 Å². The van der Waals surface area contributed by atoms with Crippen LogP contribution in [-0.2, 0) is 0 Å². The first kappa shape index (κ1) is 9.16. The number of nitrogens with two attached hydrogens (primary N) is 1. The van der Waals surface area contributed by atoms with Gasteiger partial charge in [0.1, 0.15) is 6.10 Å². The quantitative estimate of drug-likeness (QED) is 0.709. The minimum absolute atomic E-state index is 0.0595. The molecule has 0 aliphatic carbocycles. The van der Waals surface area contributed by atoms with E-state index < -0.39 is 12.3 Å². The van der Waals surface area contributed by atoms with Crippen molar-refractivity contribution in [2.45, 2.75) is 12.3 Å². The zero-order chi connectivity index (χ0) is 8.97. The summed E-state index contributed by atoms with van der Waals surface area (Å²) in [5.74, 6) is 0. The van der Waals surface area contributed by atoms with Crippen LogP contribution in [0, 0.1) is 0 Å². The lowest BCUT2D eigenvalue weighted by molar-refractivity contribution is 0.0847. The topological polar surface area (TPSA) is 46.2 Å². The Morgan fingerprint density at radius 2 is 1.92 bits per heavy atom. The molecule has 0 saturated carbocycles. The van der Waals surface area contributed by atoms with Crippen molar-refractivity contribution in [3.63, 3.8) is 0 Å². The lowest BCUT2D eigenvalue weighted by atomic mass is 10.1. The van der Waals surface area contributed by atoms with Gasteiger partial charge in [0, 0.05) is 6.54 Å². The van der Waals surface area contributed by atoms with Gasteiger partial charge in [0.2, 0.25) is 0 Å². The van der Waals surface area contributed by atoms with E-state index in [2.05, 4.69) is 0 Å². The van der Waals surface area contributed by atoms with E-state index in [1.54, 1.807) is 30.3 Å². The SMILES string of the molecule is NC[C@H](O)[C@@H](F)c1ccccc1. The van der Waals surface area contributed by atoms with Crippen LogP contribution >= 0.6 is 0 Å². The van der Waals surface area contributed by atoms with E-state index in [4.69, 9.17) is 10.8 Å². The van der Waals surface area contributed by atoms with Crippen molar-refractivity contribution in [1.82, 2.24) is 0 Å². The third-order valence-electron chi connectivity index (χ3n) is 1.70. The second kappa shape index (κ2) is 4.18. The third-order valence-corrected chi connectivity index (χ3v) is 1.70. The summed E-state index contributed by atoms with van der Waals surface area (Å²) in [5, 5.41) is 9.08. The molecule has 0 aromatic heterocycles. The van der Waals surface area contributed by atoms with Crippen molar-refractivity contribution in [1.29, 1.82) is 0 Å². The number of benzene rings is 1. The van der Waals surface area contributed by atoms with Gasteiger partial charge in [0.15, 0.2) is 6.17 Å². The van der Waals surface area contributed by atoms with Gasteiger partial charge in [-0.2, -0.15) is 0 Å².